The van der Waals surface area contributed by atoms with E-state index in [1.165, 1.54) is 7.11 Å². The second kappa shape index (κ2) is 8.07. The highest BCUT2D eigenvalue weighted by Gasteiger charge is 2.11. The predicted octanol–water partition coefficient (Wildman–Crippen LogP) is 3.91. The van der Waals surface area contributed by atoms with Crippen LogP contribution >= 0.6 is 0 Å². The van der Waals surface area contributed by atoms with Crippen LogP contribution in [-0.2, 0) is 6.61 Å². The van der Waals surface area contributed by atoms with Crippen LogP contribution in [0.1, 0.15) is 21.5 Å². The fourth-order valence-corrected chi connectivity index (χ4v) is 2.73. The maximum absolute atomic E-state index is 11.6. The Balaban J connectivity index is 1.77. The van der Waals surface area contributed by atoms with Gasteiger partial charge in [-0.3, -0.25) is 4.79 Å². The molecule has 0 saturated heterocycles. The zero-order valence-electron chi connectivity index (χ0n) is 14.8. The number of nitrogens with two attached hydrogens (primary N) is 1. The summed E-state index contributed by atoms with van der Waals surface area (Å²) in [6, 6.07) is 22.3. The van der Waals surface area contributed by atoms with Crippen molar-refractivity contribution in [2.45, 2.75) is 6.61 Å². The van der Waals surface area contributed by atoms with Gasteiger partial charge in [-0.05, 0) is 41.0 Å². The molecule has 3 aromatic rings. The number of methoxy groups -OCH3 is 1. The van der Waals surface area contributed by atoms with Crippen molar-refractivity contribution >= 4 is 5.91 Å². The molecule has 0 radical (unpaired) electrons. The Bertz CT molecular complexity index is 1000. The summed E-state index contributed by atoms with van der Waals surface area (Å²) in [4.78, 5) is 11.6. The van der Waals surface area contributed by atoms with Crippen LogP contribution in [0.5, 0.6) is 11.5 Å². The quantitative estimate of drug-likeness (QED) is 0.724. The maximum atomic E-state index is 11.6. The van der Waals surface area contributed by atoms with Crippen LogP contribution in [0.2, 0.25) is 0 Å². The largest absolute Gasteiger partial charge is 0.497 e. The van der Waals surface area contributed by atoms with E-state index >= 15 is 0 Å². The third-order valence-corrected chi connectivity index (χ3v) is 4.16. The minimum Gasteiger partial charge on any atom is -0.497 e. The number of amides is 1. The fourth-order valence-electron chi connectivity index (χ4n) is 2.73. The van der Waals surface area contributed by atoms with Crippen molar-refractivity contribution < 1.29 is 14.3 Å². The van der Waals surface area contributed by atoms with E-state index in [0.29, 0.717) is 17.1 Å². The number of ether oxygens (including phenoxy) is 2. The Kier molecular flexibility index (Phi) is 5.38. The van der Waals surface area contributed by atoms with Crippen LogP contribution in [-0.4, -0.2) is 13.0 Å². The molecule has 0 spiro atoms. The van der Waals surface area contributed by atoms with Gasteiger partial charge in [0.1, 0.15) is 18.1 Å². The lowest BCUT2D eigenvalue weighted by atomic mass is 9.99. The highest BCUT2D eigenvalue weighted by atomic mass is 16.5. The van der Waals surface area contributed by atoms with Gasteiger partial charge >= 0.3 is 0 Å². The first kappa shape index (κ1) is 18.0. The van der Waals surface area contributed by atoms with Gasteiger partial charge in [0.15, 0.2) is 0 Å². The summed E-state index contributed by atoms with van der Waals surface area (Å²) in [6.45, 7) is 0.285. The summed E-state index contributed by atoms with van der Waals surface area (Å²) in [5.74, 6) is 0.367. The first-order chi connectivity index (χ1) is 13.1. The number of carbonyl (C=O) groups is 1. The van der Waals surface area contributed by atoms with E-state index in [9.17, 15) is 10.1 Å². The molecule has 1 amide bonds. The van der Waals surface area contributed by atoms with Crippen molar-refractivity contribution in [1.29, 1.82) is 5.26 Å². The number of hydrogen-bond acceptors (Lipinski definition) is 4. The van der Waals surface area contributed by atoms with Gasteiger partial charge in [-0.1, -0.05) is 42.5 Å². The van der Waals surface area contributed by atoms with Crippen molar-refractivity contribution in [3.63, 3.8) is 0 Å². The van der Waals surface area contributed by atoms with Crippen LogP contribution in [0.15, 0.2) is 66.7 Å². The van der Waals surface area contributed by atoms with Crippen LogP contribution in [0.25, 0.3) is 11.1 Å². The third-order valence-electron chi connectivity index (χ3n) is 4.16. The molecule has 5 nitrogen and oxygen atoms in total. The van der Waals surface area contributed by atoms with Gasteiger partial charge in [0.25, 0.3) is 5.91 Å². The minimum atomic E-state index is -0.577. The zero-order valence-corrected chi connectivity index (χ0v) is 14.8. The molecule has 0 aliphatic rings. The van der Waals surface area contributed by atoms with Crippen LogP contribution in [0, 0.1) is 11.3 Å². The Morgan fingerprint density at radius 2 is 1.81 bits per heavy atom. The van der Waals surface area contributed by atoms with E-state index < -0.39 is 5.91 Å². The average molecular weight is 358 g/mol. The smallest absolute Gasteiger partial charge is 0.252 e. The molecule has 0 bridgehead atoms. The van der Waals surface area contributed by atoms with Crippen molar-refractivity contribution in [3.05, 3.63) is 83.4 Å². The fraction of sp³-hybridized carbons (Fsp3) is 0.0909. The summed E-state index contributed by atoms with van der Waals surface area (Å²) < 4.78 is 10.9. The molecule has 5 heteroatoms. The summed E-state index contributed by atoms with van der Waals surface area (Å²) in [5.41, 5.74) is 9.09. The molecule has 27 heavy (non-hydrogen) atoms. The average Bonchev–Trinajstić information content (AvgIpc) is 2.72. The topological polar surface area (TPSA) is 85.3 Å². The number of nitrogens with zero attached hydrogens (tertiary/aromatic N) is 1. The van der Waals surface area contributed by atoms with Crippen molar-refractivity contribution in [2.75, 3.05) is 7.11 Å². The summed E-state index contributed by atoms with van der Waals surface area (Å²) in [6.07, 6.45) is 0. The maximum Gasteiger partial charge on any atom is 0.252 e. The molecule has 3 rings (SSSR count). The van der Waals surface area contributed by atoms with Gasteiger partial charge in [-0.2, -0.15) is 5.26 Å². The molecule has 0 aliphatic carbocycles. The Hall–Kier alpha value is -3.78. The number of carbonyl (C=O) groups excluding carboxylic acids is 1. The molecule has 0 saturated carbocycles. The Morgan fingerprint density at radius 3 is 2.48 bits per heavy atom. The molecule has 0 aliphatic heterocycles. The first-order valence-electron chi connectivity index (χ1n) is 8.31. The summed E-state index contributed by atoms with van der Waals surface area (Å²) >= 11 is 0. The molecule has 0 fully saturated rings. The minimum absolute atomic E-state index is 0.272. The van der Waals surface area contributed by atoms with E-state index in [0.717, 1.165) is 16.7 Å². The second-order valence-corrected chi connectivity index (χ2v) is 5.87. The number of hydrogen-bond donors (Lipinski definition) is 1. The number of nitriles is 1. The molecule has 134 valence electrons. The van der Waals surface area contributed by atoms with Gasteiger partial charge in [-0.25, -0.2) is 0 Å². The Morgan fingerprint density at radius 1 is 1.07 bits per heavy atom. The van der Waals surface area contributed by atoms with E-state index in [4.69, 9.17) is 15.2 Å². The standard InChI is InChI=1S/C22H18N2O3/c1-26-18-10-11-21(20(12-18)22(24)25)27-14-15-6-8-16(9-7-15)19-5-3-2-4-17(19)13-23/h2-12H,14H2,1H3,(H2,24,25). The first-order valence-corrected chi connectivity index (χ1v) is 8.31. The molecule has 3 aromatic carbocycles. The van der Waals surface area contributed by atoms with Crippen molar-refractivity contribution in [1.82, 2.24) is 0 Å². The van der Waals surface area contributed by atoms with Crippen molar-refractivity contribution in [2.24, 2.45) is 5.73 Å². The normalized spacial score (nSPS) is 10.1. The van der Waals surface area contributed by atoms with E-state index in [2.05, 4.69) is 6.07 Å². The second-order valence-electron chi connectivity index (χ2n) is 5.87. The van der Waals surface area contributed by atoms with Gasteiger partial charge in [0, 0.05) is 0 Å². The molecular formula is C22H18N2O3. The van der Waals surface area contributed by atoms with Gasteiger partial charge in [0.2, 0.25) is 0 Å². The van der Waals surface area contributed by atoms with E-state index in [-0.39, 0.29) is 12.2 Å². The lowest BCUT2D eigenvalue weighted by Gasteiger charge is -2.12. The third kappa shape index (κ3) is 4.07. The van der Waals surface area contributed by atoms with Gasteiger partial charge in [-0.15, -0.1) is 0 Å². The van der Waals surface area contributed by atoms with E-state index in [1.807, 2.05) is 42.5 Å². The number of rotatable bonds is 6. The van der Waals surface area contributed by atoms with Crippen molar-refractivity contribution in [3.8, 4) is 28.7 Å². The Labute approximate surface area is 157 Å². The van der Waals surface area contributed by atoms with E-state index in [1.54, 1.807) is 24.3 Å². The highest BCUT2D eigenvalue weighted by molar-refractivity contribution is 5.96. The predicted molar refractivity (Wildman–Crippen MR) is 102 cm³/mol. The molecule has 0 aromatic heterocycles. The summed E-state index contributed by atoms with van der Waals surface area (Å²) in [5, 5.41) is 9.24. The number of benzene rings is 3. The van der Waals surface area contributed by atoms with Gasteiger partial charge < -0.3 is 15.2 Å². The summed E-state index contributed by atoms with van der Waals surface area (Å²) in [7, 11) is 1.52. The van der Waals surface area contributed by atoms with Crippen LogP contribution < -0.4 is 15.2 Å². The highest BCUT2D eigenvalue weighted by Crippen LogP contribution is 2.26. The van der Waals surface area contributed by atoms with Crippen LogP contribution in [0.3, 0.4) is 0 Å². The molecular weight excluding hydrogens is 340 g/mol. The zero-order chi connectivity index (χ0) is 19.2. The lowest BCUT2D eigenvalue weighted by Crippen LogP contribution is -2.13. The number of primary amides is 1. The van der Waals surface area contributed by atoms with Crippen LogP contribution in [0.4, 0.5) is 0 Å². The monoisotopic (exact) mass is 358 g/mol. The van der Waals surface area contributed by atoms with Gasteiger partial charge in [0.05, 0.1) is 24.3 Å². The lowest BCUT2D eigenvalue weighted by molar-refractivity contribution is 0.0995. The molecule has 0 unspecified atom stereocenters. The SMILES string of the molecule is COc1ccc(OCc2ccc(-c3ccccc3C#N)cc2)c(C(N)=O)c1. The molecule has 0 atom stereocenters. The molecule has 0 heterocycles. The molecule has 2 N–H and O–H groups in total.